The summed E-state index contributed by atoms with van der Waals surface area (Å²) in [6, 6.07) is 7.04. The van der Waals surface area contributed by atoms with Crippen molar-refractivity contribution in [3.05, 3.63) is 47.2 Å². The van der Waals surface area contributed by atoms with E-state index in [0.29, 0.717) is 16.9 Å². The number of nitrogens with one attached hydrogen (secondary N) is 1. The first-order chi connectivity index (χ1) is 9.20. The molecule has 0 aliphatic carbocycles. The number of aromatic nitrogens is 1. The average Bonchev–Trinajstić information content (AvgIpc) is 2.90. The number of nitrogens with two attached hydrogens (primary N) is 1. The van der Waals surface area contributed by atoms with Crippen LogP contribution < -0.4 is 11.1 Å². The summed E-state index contributed by atoms with van der Waals surface area (Å²) in [6.07, 6.45) is 1.39. The van der Waals surface area contributed by atoms with Crippen LogP contribution >= 0.6 is 0 Å². The minimum absolute atomic E-state index is 0.248. The molecule has 96 valence electrons. The number of carbonyl (C=O) groups excluding carboxylic acids is 1. The van der Waals surface area contributed by atoms with E-state index in [9.17, 15) is 4.79 Å². The van der Waals surface area contributed by atoms with Crippen LogP contribution in [0, 0.1) is 18.8 Å². The summed E-state index contributed by atoms with van der Waals surface area (Å²) >= 11 is 0. The molecule has 0 spiro atoms. The Kier molecular flexibility index (Phi) is 3.96. The first-order valence-electron chi connectivity index (χ1n) is 5.72. The van der Waals surface area contributed by atoms with E-state index in [-0.39, 0.29) is 12.5 Å². The highest BCUT2D eigenvalue weighted by Gasteiger charge is 2.12. The van der Waals surface area contributed by atoms with Crippen LogP contribution in [0.1, 0.15) is 21.5 Å². The smallest absolute Gasteiger partial charge is 0.258 e. The minimum Gasteiger partial charge on any atom is -0.363 e. The third-order valence-corrected chi connectivity index (χ3v) is 2.42. The lowest BCUT2D eigenvalue weighted by atomic mass is 10.0. The number of aryl methyl sites for hydroxylation is 1. The van der Waals surface area contributed by atoms with Gasteiger partial charge in [0.05, 0.1) is 12.1 Å². The molecule has 0 saturated carbocycles. The van der Waals surface area contributed by atoms with E-state index in [0.717, 1.165) is 5.56 Å². The predicted molar refractivity (Wildman–Crippen MR) is 71.6 cm³/mol. The zero-order valence-electron chi connectivity index (χ0n) is 10.4. The Bertz CT molecular complexity index is 636. The van der Waals surface area contributed by atoms with Gasteiger partial charge >= 0.3 is 0 Å². The molecule has 0 atom stereocenters. The molecule has 0 unspecified atom stereocenters. The molecule has 2 rings (SSSR count). The summed E-state index contributed by atoms with van der Waals surface area (Å²) in [4.78, 5) is 12.2. The zero-order valence-corrected chi connectivity index (χ0v) is 10.4. The number of carbonyl (C=O) groups is 1. The Morgan fingerprint density at radius 3 is 3.00 bits per heavy atom. The lowest BCUT2D eigenvalue weighted by molar-refractivity contribution is 0.102. The van der Waals surface area contributed by atoms with Crippen LogP contribution in [0.15, 0.2) is 35.1 Å². The Hall–Kier alpha value is -2.58. The quantitative estimate of drug-likeness (QED) is 0.798. The molecule has 3 N–H and O–H groups in total. The molecule has 1 aromatic heterocycles. The van der Waals surface area contributed by atoms with E-state index < -0.39 is 0 Å². The van der Waals surface area contributed by atoms with Crippen molar-refractivity contribution >= 4 is 11.7 Å². The normalized spacial score (nSPS) is 9.58. The number of nitrogens with zero attached hydrogens (tertiary/aromatic N) is 1. The maximum atomic E-state index is 12.2. The highest BCUT2D eigenvalue weighted by Crippen LogP contribution is 2.13. The lowest BCUT2D eigenvalue weighted by Crippen LogP contribution is -2.14. The van der Waals surface area contributed by atoms with Gasteiger partial charge in [0.1, 0.15) is 6.26 Å². The van der Waals surface area contributed by atoms with Gasteiger partial charge in [0.15, 0.2) is 5.82 Å². The fourth-order valence-corrected chi connectivity index (χ4v) is 1.56. The van der Waals surface area contributed by atoms with Crippen LogP contribution in [0.2, 0.25) is 0 Å². The predicted octanol–water partition coefficient (Wildman–Crippen LogP) is 1.55. The second-order valence-electron chi connectivity index (χ2n) is 3.89. The average molecular weight is 255 g/mol. The van der Waals surface area contributed by atoms with Crippen molar-refractivity contribution in [1.82, 2.24) is 5.16 Å². The number of benzene rings is 1. The van der Waals surface area contributed by atoms with Crippen LogP contribution in [0.3, 0.4) is 0 Å². The second-order valence-corrected chi connectivity index (χ2v) is 3.89. The Balaban J connectivity index is 2.31. The topological polar surface area (TPSA) is 81.2 Å². The first kappa shape index (κ1) is 12.9. The van der Waals surface area contributed by atoms with Gasteiger partial charge in [0, 0.05) is 11.6 Å². The maximum absolute atomic E-state index is 12.2. The zero-order chi connectivity index (χ0) is 13.7. The molecule has 0 aliphatic heterocycles. The van der Waals surface area contributed by atoms with Gasteiger partial charge in [-0.2, -0.15) is 0 Å². The summed E-state index contributed by atoms with van der Waals surface area (Å²) in [5, 5.41) is 6.27. The summed E-state index contributed by atoms with van der Waals surface area (Å²) in [5.74, 6) is 5.71. The highest BCUT2D eigenvalue weighted by atomic mass is 16.5. The van der Waals surface area contributed by atoms with Crippen molar-refractivity contribution in [3.8, 4) is 11.8 Å². The summed E-state index contributed by atoms with van der Waals surface area (Å²) in [7, 11) is 0. The van der Waals surface area contributed by atoms with E-state index in [4.69, 9.17) is 5.73 Å². The number of amides is 1. The Morgan fingerprint density at radius 2 is 2.32 bits per heavy atom. The third-order valence-electron chi connectivity index (χ3n) is 2.42. The van der Waals surface area contributed by atoms with Crippen molar-refractivity contribution < 1.29 is 9.32 Å². The van der Waals surface area contributed by atoms with Crippen LogP contribution in [0.4, 0.5) is 5.82 Å². The van der Waals surface area contributed by atoms with Crippen molar-refractivity contribution in [2.75, 3.05) is 11.9 Å². The number of hydrogen-bond acceptors (Lipinski definition) is 4. The van der Waals surface area contributed by atoms with Gasteiger partial charge in [-0.05, 0) is 19.1 Å². The molecule has 0 bridgehead atoms. The molecule has 1 amide bonds. The molecular formula is C14H13N3O2. The van der Waals surface area contributed by atoms with Gasteiger partial charge in [-0.25, -0.2) is 0 Å². The Labute approximate surface area is 110 Å². The SMILES string of the molecule is Cc1ccc(C#CCN)c(C(=O)Nc2ccon2)c1. The van der Waals surface area contributed by atoms with E-state index in [1.807, 2.05) is 13.0 Å². The fourth-order valence-electron chi connectivity index (χ4n) is 1.56. The second kappa shape index (κ2) is 5.85. The van der Waals surface area contributed by atoms with Gasteiger partial charge in [-0.1, -0.05) is 28.6 Å². The fraction of sp³-hybridized carbons (Fsp3) is 0.143. The molecular weight excluding hydrogens is 242 g/mol. The van der Waals surface area contributed by atoms with Crippen molar-refractivity contribution in [3.63, 3.8) is 0 Å². The summed E-state index contributed by atoms with van der Waals surface area (Å²) in [5.41, 5.74) is 7.45. The van der Waals surface area contributed by atoms with Gasteiger partial charge < -0.3 is 15.6 Å². The van der Waals surface area contributed by atoms with Gasteiger partial charge in [-0.15, -0.1) is 0 Å². The minimum atomic E-state index is -0.279. The molecule has 19 heavy (non-hydrogen) atoms. The standard InChI is InChI=1S/C14H13N3O2/c1-10-4-5-11(3-2-7-15)12(9-10)14(18)16-13-6-8-19-17-13/h4-6,8-9H,7,15H2,1H3,(H,16,17,18). The third kappa shape index (κ3) is 3.21. The van der Waals surface area contributed by atoms with E-state index in [1.54, 1.807) is 18.2 Å². The van der Waals surface area contributed by atoms with Crippen LogP contribution in [0.25, 0.3) is 0 Å². The number of hydrogen-bond donors (Lipinski definition) is 2. The largest absolute Gasteiger partial charge is 0.363 e. The van der Waals surface area contributed by atoms with Crippen LogP contribution in [-0.2, 0) is 0 Å². The van der Waals surface area contributed by atoms with E-state index in [1.165, 1.54) is 6.26 Å². The maximum Gasteiger partial charge on any atom is 0.258 e. The molecule has 5 heteroatoms. The van der Waals surface area contributed by atoms with Crippen molar-refractivity contribution in [2.24, 2.45) is 5.73 Å². The molecule has 0 fully saturated rings. The molecule has 1 aromatic carbocycles. The van der Waals surface area contributed by atoms with Gasteiger partial charge in [-0.3, -0.25) is 4.79 Å². The van der Waals surface area contributed by atoms with Crippen molar-refractivity contribution in [1.29, 1.82) is 0 Å². The number of rotatable bonds is 2. The molecule has 0 radical (unpaired) electrons. The molecule has 0 saturated heterocycles. The molecule has 2 aromatic rings. The van der Waals surface area contributed by atoms with E-state index in [2.05, 4.69) is 26.8 Å². The molecule has 5 nitrogen and oxygen atoms in total. The molecule has 0 aliphatic rings. The highest BCUT2D eigenvalue weighted by molar-refractivity contribution is 6.05. The lowest BCUT2D eigenvalue weighted by Gasteiger charge is -2.05. The first-order valence-corrected chi connectivity index (χ1v) is 5.72. The molecule has 1 heterocycles. The van der Waals surface area contributed by atoms with Crippen LogP contribution in [0.5, 0.6) is 0 Å². The number of anilines is 1. The van der Waals surface area contributed by atoms with Gasteiger partial charge in [0.25, 0.3) is 5.91 Å². The summed E-state index contributed by atoms with van der Waals surface area (Å²) < 4.78 is 4.66. The van der Waals surface area contributed by atoms with Gasteiger partial charge in [0.2, 0.25) is 0 Å². The van der Waals surface area contributed by atoms with Crippen molar-refractivity contribution in [2.45, 2.75) is 6.92 Å². The summed E-state index contributed by atoms with van der Waals surface area (Å²) in [6.45, 7) is 2.16. The Morgan fingerprint density at radius 1 is 1.47 bits per heavy atom. The monoisotopic (exact) mass is 255 g/mol. The van der Waals surface area contributed by atoms with E-state index >= 15 is 0 Å². The van der Waals surface area contributed by atoms with Crippen LogP contribution in [-0.4, -0.2) is 17.6 Å².